The van der Waals surface area contributed by atoms with Crippen molar-refractivity contribution in [3.05, 3.63) is 33.9 Å². The van der Waals surface area contributed by atoms with Crippen molar-refractivity contribution >= 4 is 32.7 Å². The van der Waals surface area contributed by atoms with E-state index < -0.39 is 0 Å². The van der Waals surface area contributed by atoms with E-state index in [1.165, 1.54) is 0 Å². The number of nitrogens with one attached hydrogen (secondary N) is 2. The summed E-state index contributed by atoms with van der Waals surface area (Å²) in [6, 6.07) is 5.81. The third kappa shape index (κ3) is 1.55. The van der Waals surface area contributed by atoms with Gasteiger partial charge in [0.2, 0.25) is 0 Å². The van der Waals surface area contributed by atoms with E-state index >= 15 is 0 Å². The number of para-hydroxylation sites is 1. The Bertz CT molecular complexity index is 531. The van der Waals surface area contributed by atoms with E-state index in [1.807, 2.05) is 25.1 Å². The van der Waals surface area contributed by atoms with Crippen LogP contribution in [0.3, 0.4) is 0 Å². The number of carbonyl (C=O) groups excluding carboxylic acids is 1. The number of rotatable bonds is 1. The molecule has 2 N–H and O–H groups in total. The first-order valence-corrected chi connectivity index (χ1v) is 5.43. The van der Waals surface area contributed by atoms with Crippen molar-refractivity contribution in [1.82, 2.24) is 10.3 Å². The van der Waals surface area contributed by atoms with E-state index in [-0.39, 0.29) is 5.91 Å². The highest BCUT2D eigenvalue weighted by Crippen LogP contribution is 2.27. The topological polar surface area (TPSA) is 44.9 Å². The van der Waals surface area contributed by atoms with Gasteiger partial charge in [-0.1, -0.05) is 12.1 Å². The Labute approximate surface area is 96.0 Å². The number of amides is 1. The Kier molecular flexibility index (Phi) is 2.52. The number of carbonyl (C=O) groups is 1. The van der Waals surface area contributed by atoms with Crippen molar-refractivity contribution in [2.24, 2.45) is 0 Å². The Hall–Kier alpha value is -1.29. The molecule has 3 nitrogen and oxygen atoms in total. The number of hydrogen-bond donors (Lipinski definition) is 2. The molecule has 1 heterocycles. The van der Waals surface area contributed by atoms with Crippen LogP contribution in [0.15, 0.2) is 22.7 Å². The lowest BCUT2D eigenvalue weighted by molar-refractivity contribution is 0.0964. The molecular formula is C11H11BrN2O. The van der Waals surface area contributed by atoms with Gasteiger partial charge in [0.1, 0.15) is 0 Å². The van der Waals surface area contributed by atoms with Gasteiger partial charge in [-0.05, 0) is 28.9 Å². The van der Waals surface area contributed by atoms with E-state index in [9.17, 15) is 4.79 Å². The highest BCUT2D eigenvalue weighted by atomic mass is 79.9. The molecule has 0 fully saturated rings. The molecule has 0 spiro atoms. The van der Waals surface area contributed by atoms with Crippen molar-refractivity contribution in [3.8, 4) is 0 Å². The van der Waals surface area contributed by atoms with Crippen LogP contribution < -0.4 is 5.32 Å². The van der Waals surface area contributed by atoms with Crippen LogP contribution in [-0.4, -0.2) is 17.9 Å². The molecule has 1 aromatic heterocycles. The molecule has 78 valence electrons. The Morgan fingerprint density at radius 3 is 2.87 bits per heavy atom. The predicted octanol–water partition coefficient (Wildman–Crippen LogP) is 2.60. The van der Waals surface area contributed by atoms with Crippen molar-refractivity contribution in [2.45, 2.75) is 6.92 Å². The zero-order chi connectivity index (χ0) is 11.0. The fourth-order valence-electron chi connectivity index (χ4n) is 1.73. The quantitative estimate of drug-likeness (QED) is 0.819. The monoisotopic (exact) mass is 266 g/mol. The number of aromatic amines is 1. The summed E-state index contributed by atoms with van der Waals surface area (Å²) in [6.07, 6.45) is 0. The summed E-state index contributed by atoms with van der Waals surface area (Å²) in [4.78, 5) is 14.9. The summed E-state index contributed by atoms with van der Waals surface area (Å²) < 4.78 is 0.971. The van der Waals surface area contributed by atoms with Crippen molar-refractivity contribution in [3.63, 3.8) is 0 Å². The van der Waals surface area contributed by atoms with E-state index in [2.05, 4.69) is 26.2 Å². The minimum atomic E-state index is -0.0585. The van der Waals surface area contributed by atoms with E-state index in [4.69, 9.17) is 0 Å². The maximum Gasteiger partial charge on any atom is 0.253 e. The molecule has 0 saturated heterocycles. The number of H-pyrrole nitrogens is 1. The van der Waals surface area contributed by atoms with Crippen LogP contribution in [0.1, 0.15) is 16.1 Å². The Morgan fingerprint density at radius 1 is 1.47 bits per heavy atom. The lowest BCUT2D eigenvalue weighted by Crippen LogP contribution is -2.18. The van der Waals surface area contributed by atoms with Crippen molar-refractivity contribution in [1.29, 1.82) is 0 Å². The molecule has 0 aliphatic carbocycles. The molecule has 0 bridgehead atoms. The van der Waals surface area contributed by atoms with E-state index in [1.54, 1.807) is 7.05 Å². The van der Waals surface area contributed by atoms with Gasteiger partial charge >= 0.3 is 0 Å². The Balaban J connectivity index is 2.79. The molecule has 0 radical (unpaired) electrons. The standard InChI is InChI=1S/C11H11BrN2O/c1-6-9(11(15)13-2)7-4-3-5-8(12)10(7)14-6/h3-5,14H,1-2H3,(H,13,15). The van der Waals surface area contributed by atoms with E-state index in [0.29, 0.717) is 5.56 Å². The third-order valence-electron chi connectivity index (χ3n) is 2.42. The van der Waals surface area contributed by atoms with Crippen LogP contribution in [0, 0.1) is 6.92 Å². The van der Waals surface area contributed by atoms with Crippen LogP contribution in [0.2, 0.25) is 0 Å². The molecule has 0 aliphatic rings. The summed E-state index contributed by atoms with van der Waals surface area (Å²) in [5.74, 6) is -0.0585. The number of aromatic nitrogens is 1. The van der Waals surface area contributed by atoms with Crippen LogP contribution in [0.25, 0.3) is 10.9 Å². The van der Waals surface area contributed by atoms with Gasteiger partial charge in [-0.25, -0.2) is 0 Å². The zero-order valence-electron chi connectivity index (χ0n) is 8.52. The lowest BCUT2D eigenvalue weighted by Gasteiger charge is -1.99. The summed E-state index contributed by atoms with van der Waals surface area (Å²) in [7, 11) is 1.64. The highest BCUT2D eigenvalue weighted by Gasteiger charge is 2.15. The average Bonchev–Trinajstić information content (AvgIpc) is 2.55. The largest absolute Gasteiger partial charge is 0.357 e. The second-order valence-electron chi connectivity index (χ2n) is 3.37. The number of benzene rings is 1. The first kappa shape index (κ1) is 10.2. The van der Waals surface area contributed by atoms with Crippen LogP contribution in [0.4, 0.5) is 0 Å². The number of halogens is 1. The first-order valence-electron chi connectivity index (χ1n) is 4.64. The molecular weight excluding hydrogens is 256 g/mol. The van der Waals surface area contributed by atoms with Gasteiger partial charge in [-0.2, -0.15) is 0 Å². The van der Waals surface area contributed by atoms with Crippen molar-refractivity contribution in [2.75, 3.05) is 7.05 Å². The first-order chi connectivity index (χ1) is 7.15. The summed E-state index contributed by atoms with van der Waals surface area (Å²) in [6.45, 7) is 1.90. The van der Waals surface area contributed by atoms with Gasteiger partial charge in [-0.15, -0.1) is 0 Å². The highest BCUT2D eigenvalue weighted by molar-refractivity contribution is 9.10. The van der Waals surface area contributed by atoms with Crippen LogP contribution in [0.5, 0.6) is 0 Å². The zero-order valence-corrected chi connectivity index (χ0v) is 10.1. The molecule has 0 atom stereocenters. The maximum atomic E-state index is 11.7. The summed E-state index contributed by atoms with van der Waals surface area (Å²) in [5, 5.41) is 3.59. The smallest absolute Gasteiger partial charge is 0.253 e. The molecule has 2 aromatic rings. The minimum absolute atomic E-state index is 0.0585. The van der Waals surface area contributed by atoms with Crippen LogP contribution in [-0.2, 0) is 0 Å². The second kappa shape index (κ2) is 3.70. The molecule has 15 heavy (non-hydrogen) atoms. The summed E-state index contributed by atoms with van der Waals surface area (Å²) >= 11 is 3.45. The number of hydrogen-bond acceptors (Lipinski definition) is 1. The van der Waals surface area contributed by atoms with Gasteiger partial charge < -0.3 is 10.3 Å². The molecule has 1 amide bonds. The second-order valence-corrected chi connectivity index (χ2v) is 4.22. The molecule has 2 rings (SSSR count). The lowest BCUT2D eigenvalue weighted by atomic mass is 10.1. The predicted molar refractivity (Wildman–Crippen MR) is 64.1 cm³/mol. The number of fused-ring (bicyclic) bond motifs is 1. The van der Waals surface area contributed by atoms with Gasteiger partial charge in [0, 0.05) is 22.6 Å². The SMILES string of the molecule is CNC(=O)c1c(C)[nH]c2c(Br)cccc12. The molecule has 4 heteroatoms. The Morgan fingerprint density at radius 2 is 2.20 bits per heavy atom. The normalized spacial score (nSPS) is 10.6. The average molecular weight is 267 g/mol. The minimum Gasteiger partial charge on any atom is -0.357 e. The summed E-state index contributed by atoms with van der Waals surface area (Å²) in [5.41, 5.74) is 2.57. The maximum absolute atomic E-state index is 11.7. The number of aryl methyl sites for hydroxylation is 1. The molecule has 0 aliphatic heterocycles. The van der Waals surface area contributed by atoms with Gasteiger partial charge in [0.05, 0.1) is 11.1 Å². The third-order valence-corrected chi connectivity index (χ3v) is 3.09. The van der Waals surface area contributed by atoms with Crippen molar-refractivity contribution < 1.29 is 4.79 Å². The fourth-order valence-corrected chi connectivity index (χ4v) is 2.19. The van der Waals surface area contributed by atoms with Gasteiger partial charge in [-0.3, -0.25) is 4.79 Å². The van der Waals surface area contributed by atoms with Crippen LogP contribution >= 0.6 is 15.9 Å². The molecule has 1 aromatic carbocycles. The fraction of sp³-hybridized carbons (Fsp3) is 0.182. The van der Waals surface area contributed by atoms with Gasteiger partial charge in [0.15, 0.2) is 0 Å². The molecule has 0 saturated carbocycles. The molecule has 0 unspecified atom stereocenters. The van der Waals surface area contributed by atoms with E-state index in [0.717, 1.165) is 21.1 Å². The van der Waals surface area contributed by atoms with Gasteiger partial charge in [0.25, 0.3) is 5.91 Å².